The molecule has 0 aliphatic rings. The first kappa shape index (κ1) is 14.7. The Hall–Kier alpha value is -1.35. The standard InChI is InChI=1S/C15H24N2O/c1-5-7-8-18-15-10-13(11-16-6-2)9-14(17-15)12(3)4/h5,7,9-10,12,16H,6,8,11H2,1-4H3/b7-5+. The third-order valence-corrected chi connectivity index (χ3v) is 2.62. The van der Waals surface area contributed by atoms with Crippen LogP contribution in [-0.4, -0.2) is 18.1 Å². The highest BCUT2D eigenvalue weighted by Gasteiger charge is 2.06. The summed E-state index contributed by atoms with van der Waals surface area (Å²) in [5, 5.41) is 3.33. The Morgan fingerprint density at radius 2 is 2.17 bits per heavy atom. The van der Waals surface area contributed by atoms with Crippen molar-refractivity contribution in [3.63, 3.8) is 0 Å². The second kappa shape index (κ2) is 7.88. The molecule has 0 aliphatic heterocycles. The van der Waals surface area contributed by atoms with Crippen molar-refractivity contribution in [3.8, 4) is 5.88 Å². The Bertz CT molecular complexity index is 386. The molecule has 0 aliphatic carbocycles. The van der Waals surface area contributed by atoms with Gasteiger partial charge in [0.05, 0.1) is 0 Å². The predicted molar refractivity (Wildman–Crippen MR) is 76.0 cm³/mol. The average molecular weight is 248 g/mol. The van der Waals surface area contributed by atoms with E-state index in [0.29, 0.717) is 18.4 Å². The second-order valence-electron chi connectivity index (χ2n) is 4.55. The fourth-order valence-electron chi connectivity index (χ4n) is 1.55. The molecule has 100 valence electrons. The zero-order valence-corrected chi connectivity index (χ0v) is 11.9. The zero-order valence-electron chi connectivity index (χ0n) is 11.9. The molecule has 0 unspecified atom stereocenters. The number of allylic oxidation sites excluding steroid dienone is 1. The molecule has 0 spiro atoms. The molecule has 0 fully saturated rings. The van der Waals surface area contributed by atoms with Gasteiger partial charge in [0.25, 0.3) is 0 Å². The van der Waals surface area contributed by atoms with E-state index in [1.54, 1.807) is 0 Å². The van der Waals surface area contributed by atoms with E-state index in [1.165, 1.54) is 5.56 Å². The monoisotopic (exact) mass is 248 g/mol. The van der Waals surface area contributed by atoms with Crippen LogP contribution in [0.3, 0.4) is 0 Å². The van der Waals surface area contributed by atoms with Crippen LogP contribution in [0.15, 0.2) is 24.3 Å². The van der Waals surface area contributed by atoms with Crippen molar-refractivity contribution in [1.29, 1.82) is 0 Å². The molecular formula is C15H24N2O. The van der Waals surface area contributed by atoms with Crippen molar-refractivity contribution in [2.75, 3.05) is 13.2 Å². The van der Waals surface area contributed by atoms with Crippen molar-refractivity contribution in [1.82, 2.24) is 10.3 Å². The third-order valence-electron chi connectivity index (χ3n) is 2.62. The van der Waals surface area contributed by atoms with E-state index in [-0.39, 0.29) is 0 Å². The Morgan fingerprint density at radius 1 is 1.39 bits per heavy atom. The fourth-order valence-corrected chi connectivity index (χ4v) is 1.55. The Balaban J connectivity index is 2.83. The summed E-state index contributed by atoms with van der Waals surface area (Å²) in [6.07, 6.45) is 3.96. The quantitative estimate of drug-likeness (QED) is 0.752. The number of ether oxygens (including phenoxy) is 1. The lowest BCUT2D eigenvalue weighted by Gasteiger charge is -2.11. The van der Waals surface area contributed by atoms with Gasteiger partial charge in [-0.3, -0.25) is 0 Å². The Kier molecular flexibility index (Phi) is 6.44. The Labute approximate surface area is 110 Å². The van der Waals surface area contributed by atoms with Crippen LogP contribution in [0.5, 0.6) is 5.88 Å². The molecule has 1 heterocycles. The molecule has 3 heteroatoms. The van der Waals surface area contributed by atoms with E-state index in [4.69, 9.17) is 4.74 Å². The maximum absolute atomic E-state index is 5.63. The van der Waals surface area contributed by atoms with E-state index in [2.05, 4.69) is 37.1 Å². The van der Waals surface area contributed by atoms with Crippen LogP contribution >= 0.6 is 0 Å². The maximum Gasteiger partial charge on any atom is 0.214 e. The van der Waals surface area contributed by atoms with Gasteiger partial charge in [-0.1, -0.05) is 32.9 Å². The van der Waals surface area contributed by atoms with Crippen molar-refractivity contribution in [3.05, 3.63) is 35.5 Å². The number of hydrogen-bond acceptors (Lipinski definition) is 3. The normalized spacial score (nSPS) is 11.4. The molecule has 18 heavy (non-hydrogen) atoms. The van der Waals surface area contributed by atoms with E-state index >= 15 is 0 Å². The molecule has 1 rings (SSSR count). The van der Waals surface area contributed by atoms with Crippen LogP contribution in [0, 0.1) is 0 Å². The van der Waals surface area contributed by atoms with Gasteiger partial charge in [0.2, 0.25) is 5.88 Å². The van der Waals surface area contributed by atoms with E-state index in [9.17, 15) is 0 Å². The summed E-state index contributed by atoms with van der Waals surface area (Å²) < 4.78 is 5.63. The number of aromatic nitrogens is 1. The van der Waals surface area contributed by atoms with Gasteiger partial charge in [-0.25, -0.2) is 4.98 Å². The minimum absolute atomic E-state index is 0.413. The average Bonchev–Trinajstić information content (AvgIpc) is 2.36. The third kappa shape index (κ3) is 4.88. The second-order valence-corrected chi connectivity index (χ2v) is 4.55. The fraction of sp³-hybridized carbons (Fsp3) is 0.533. The maximum atomic E-state index is 5.63. The molecule has 0 amide bonds. The molecule has 0 atom stereocenters. The number of rotatable bonds is 7. The molecular weight excluding hydrogens is 224 g/mol. The lowest BCUT2D eigenvalue weighted by molar-refractivity contribution is 0.346. The molecule has 0 aromatic carbocycles. The Morgan fingerprint density at radius 3 is 2.78 bits per heavy atom. The van der Waals surface area contributed by atoms with Gasteiger partial charge in [-0.05, 0) is 31.0 Å². The van der Waals surface area contributed by atoms with Crippen LogP contribution in [-0.2, 0) is 6.54 Å². The highest BCUT2D eigenvalue weighted by Crippen LogP contribution is 2.19. The summed E-state index contributed by atoms with van der Waals surface area (Å²) in [5.41, 5.74) is 2.31. The highest BCUT2D eigenvalue weighted by atomic mass is 16.5. The first-order chi connectivity index (χ1) is 8.67. The lowest BCUT2D eigenvalue weighted by Crippen LogP contribution is -2.13. The largest absolute Gasteiger partial charge is 0.473 e. The van der Waals surface area contributed by atoms with Gasteiger partial charge >= 0.3 is 0 Å². The van der Waals surface area contributed by atoms with E-state index < -0.39 is 0 Å². The first-order valence-electron chi connectivity index (χ1n) is 6.62. The van der Waals surface area contributed by atoms with Crippen molar-refractivity contribution in [2.45, 2.75) is 40.2 Å². The van der Waals surface area contributed by atoms with Crippen LogP contribution in [0.2, 0.25) is 0 Å². The van der Waals surface area contributed by atoms with Crippen molar-refractivity contribution >= 4 is 0 Å². The minimum atomic E-state index is 0.413. The minimum Gasteiger partial charge on any atom is -0.473 e. The summed E-state index contributed by atoms with van der Waals surface area (Å²) in [4.78, 5) is 4.53. The molecule has 1 aromatic heterocycles. The molecule has 0 saturated carbocycles. The van der Waals surface area contributed by atoms with Crippen LogP contribution in [0.25, 0.3) is 0 Å². The van der Waals surface area contributed by atoms with Gasteiger partial charge in [-0.2, -0.15) is 0 Å². The highest BCUT2D eigenvalue weighted by molar-refractivity contribution is 5.26. The number of nitrogens with one attached hydrogen (secondary N) is 1. The first-order valence-corrected chi connectivity index (χ1v) is 6.62. The summed E-state index contributed by atoms with van der Waals surface area (Å²) in [7, 11) is 0. The van der Waals surface area contributed by atoms with Crippen molar-refractivity contribution < 1.29 is 4.74 Å². The van der Waals surface area contributed by atoms with Gasteiger partial charge in [0.1, 0.15) is 6.61 Å². The lowest BCUT2D eigenvalue weighted by atomic mass is 10.1. The molecule has 0 radical (unpaired) electrons. The van der Waals surface area contributed by atoms with Crippen LogP contribution < -0.4 is 10.1 Å². The molecule has 1 aromatic rings. The molecule has 0 bridgehead atoms. The zero-order chi connectivity index (χ0) is 13.4. The number of nitrogens with zero attached hydrogens (tertiary/aromatic N) is 1. The van der Waals surface area contributed by atoms with Crippen LogP contribution in [0.1, 0.15) is 44.9 Å². The summed E-state index contributed by atoms with van der Waals surface area (Å²) in [6.45, 7) is 10.8. The SMILES string of the molecule is C/C=C/COc1cc(CNCC)cc(C(C)C)n1. The van der Waals surface area contributed by atoms with Crippen molar-refractivity contribution in [2.24, 2.45) is 0 Å². The van der Waals surface area contributed by atoms with E-state index in [0.717, 1.165) is 18.8 Å². The molecule has 3 nitrogen and oxygen atoms in total. The number of hydrogen-bond donors (Lipinski definition) is 1. The predicted octanol–water partition coefficient (Wildman–Crippen LogP) is 3.27. The summed E-state index contributed by atoms with van der Waals surface area (Å²) in [5.74, 6) is 1.13. The van der Waals surface area contributed by atoms with E-state index in [1.807, 2.05) is 25.1 Å². The summed E-state index contributed by atoms with van der Waals surface area (Å²) in [6, 6.07) is 4.16. The number of pyridine rings is 1. The van der Waals surface area contributed by atoms with Gasteiger partial charge in [0.15, 0.2) is 0 Å². The van der Waals surface area contributed by atoms with Gasteiger partial charge < -0.3 is 10.1 Å². The van der Waals surface area contributed by atoms with Gasteiger partial charge in [0, 0.05) is 18.3 Å². The smallest absolute Gasteiger partial charge is 0.214 e. The topological polar surface area (TPSA) is 34.1 Å². The molecule has 0 saturated heterocycles. The van der Waals surface area contributed by atoms with Gasteiger partial charge in [-0.15, -0.1) is 0 Å². The molecule has 1 N–H and O–H groups in total. The summed E-state index contributed by atoms with van der Waals surface area (Å²) >= 11 is 0. The van der Waals surface area contributed by atoms with Crippen LogP contribution in [0.4, 0.5) is 0 Å².